The molecule has 1 aliphatic carbocycles. The molecule has 0 bridgehead atoms. The molecule has 0 saturated heterocycles. The van der Waals surface area contributed by atoms with Crippen molar-refractivity contribution in [2.24, 2.45) is 0 Å². The standard InChI is InChI=1S/C6H10.2C4H10O/c1-2-4-6-5-3-1;2*1-2-3-4-5/h1-2H,3-6H2;2*5H,2-4H2,1H3. The third-order valence-electron chi connectivity index (χ3n) is 2.18. The van der Waals surface area contributed by atoms with Crippen molar-refractivity contribution in [3.8, 4) is 0 Å². The highest BCUT2D eigenvalue weighted by Crippen LogP contribution is 2.07. The van der Waals surface area contributed by atoms with Crippen LogP contribution in [0.3, 0.4) is 0 Å². The van der Waals surface area contributed by atoms with Gasteiger partial charge < -0.3 is 10.2 Å². The molecule has 16 heavy (non-hydrogen) atoms. The lowest BCUT2D eigenvalue weighted by Crippen LogP contribution is -1.77. The summed E-state index contributed by atoms with van der Waals surface area (Å²) in [5, 5.41) is 16.1. The van der Waals surface area contributed by atoms with Crippen molar-refractivity contribution in [2.45, 2.75) is 65.2 Å². The van der Waals surface area contributed by atoms with E-state index >= 15 is 0 Å². The smallest absolute Gasteiger partial charge is 0.0430 e. The maximum absolute atomic E-state index is 8.07. The predicted octanol–water partition coefficient (Wildman–Crippen LogP) is 3.67. The largest absolute Gasteiger partial charge is 0.396 e. The van der Waals surface area contributed by atoms with Crippen LogP contribution in [0.2, 0.25) is 0 Å². The van der Waals surface area contributed by atoms with Crippen molar-refractivity contribution < 1.29 is 10.2 Å². The summed E-state index contributed by atoms with van der Waals surface area (Å²) in [6, 6.07) is 0. The van der Waals surface area contributed by atoms with Crippen LogP contribution < -0.4 is 0 Å². The summed E-state index contributed by atoms with van der Waals surface area (Å²) < 4.78 is 0. The zero-order valence-corrected chi connectivity index (χ0v) is 11.1. The molecule has 0 aliphatic heterocycles. The minimum atomic E-state index is 0.344. The van der Waals surface area contributed by atoms with Gasteiger partial charge in [-0.25, -0.2) is 0 Å². The first kappa shape index (κ1) is 18.0. The number of aliphatic hydroxyl groups excluding tert-OH is 2. The lowest BCUT2D eigenvalue weighted by Gasteiger charge is -1.97. The van der Waals surface area contributed by atoms with E-state index in [2.05, 4.69) is 26.0 Å². The third kappa shape index (κ3) is 23.5. The fourth-order valence-electron chi connectivity index (χ4n) is 1.08. The zero-order chi connectivity index (χ0) is 12.5. The molecule has 2 nitrogen and oxygen atoms in total. The van der Waals surface area contributed by atoms with E-state index in [1.54, 1.807) is 0 Å². The number of hydrogen-bond acceptors (Lipinski definition) is 2. The van der Waals surface area contributed by atoms with Crippen molar-refractivity contribution in [2.75, 3.05) is 13.2 Å². The van der Waals surface area contributed by atoms with Crippen molar-refractivity contribution in [3.05, 3.63) is 12.2 Å². The first-order valence-electron chi connectivity index (χ1n) is 6.70. The molecule has 2 heteroatoms. The van der Waals surface area contributed by atoms with Crippen LogP contribution in [0, 0.1) is 0 Å². The van der Waals surface area contributed by atoms with Gasteiger partial charge in [-0.3, -0.25) is 0 Å². The summed E-state index contributed by atoms with van der Waals surface area (Å²) in [4.78, 5) is 0. The Morgan fingerprint density at radius 3 is 1.25 bits per heavy atom. The van der Waals surface area contributed by atoms with E-state index < -0.39 is 0 Å². The van der Waals surface area contributed by atoms with Gasteiger partial charge in [0.25, 0.3) is 0 Å². The second-order valence-corrected chi connectivity index (χ2v) is 3.91. The van der Waals surface area contributed by atoms with Gasteiger partial charge in [-0.15, -0.1) is 0 Å². The molecule has 0 heterocycles. The number of hydrogen-bond donors (Lipinski definition) is 2. The SMILES string of the molecule is C1=CCCCC1.CCCCO.CCCCO. The zero-order valence-electron chi connectivity index (χ0n) is 11.1. The summed E-state index contributed by atoms with van der Waals surface area (Å²) in [6.07, 6.45) is 14.1. The van der Waals surface area contributed by atoms with Gasteiger partial charge in [0.15, 0.2) is 0 Å². The fourth-order valence-corrected chi connectivity index (χ4v) is 1.08. The number of allylic oxidation sites excluding steroid dienone is 2. The minimum absolute atomic E-state index is 0.344. The molecule has 0 spiro atoms. The summed E-state index contributed by atoms with van der Waals surface area (Å²) in [7, 11) is 0. The molecule has 1 rings (SSSR count). The van der Waals surface area contributed by atoms with E-state index in [9.17, 15) is 0 Å². The Morgan fingerprint density at radius 1 is 0.812 bits per heavy atom. The van der Waals surface area contributed by atoms with Gasteiger partial charge >= 0.3 is 0 Å². The molecule has 0 radical (unpaired) electrons. The third-order valence-corrected chi connectivity index (χ3v) is 2.18. The van der Waals surface area contributed by atoms with Crippen LogP contribution in [0.25, 0.3) is 0 Å². The van der Waals surface area contributed by atoms with E-state index in [1.165, 1.54) is 25.7 Å². The average Bonchev–Trinajstić information content (AvgIpc) is 2.35. The fraction of sp³-hybridized carbons (Fsp3) is 0.857. The van der Waals surface area contributed by atoms with Crippen LogP contribution >= 0.6 is 0 Å². The lowest BCUT2D eigenvalue weighted by atomic mass is 10.1. The molecule has 0 aromatic carbocycles. The van der Waals surface area contributed by atoms with E-state index in [0.29, 0.717) is 13.2 Å². The topological polar surface area (TPSA) is 40.5 Å². The van der Waals surface area contributed by atoms with Crippen molar-refractivity contribution in [1.29, 1.82) is 0 Å². The Balaban J connectivity index is 0. The molecule has 98 valence electrons. The molecule has 0 aromatic heterocycles. The molecule has 0 atom stereocenters. The van der Waals surface area contributed by atoms with Gasteiger partial charge in [0.1, 0.15) is 0 Å². The lowest BCUT2D eigenvalue weighted by molar-refractivity contribution is 0.286. The van der Waals surface area contributed by atoms with Crippen molar-refractivity contribution >= 4 is 0 Å². The summed E-state index contributed by atoms with van der Waals surface area (Å²) >= 11 is 0. The van der Waals surface area contributed by atoms with E-state index in [1.807, 2.05) is 0 Å². The number of unbranched alkanes of at least 4 members (excludes halogenated alkanes) is 2. The quantitative estimate of drug-likeness (QED) is 0.723. The van der Waals surface area contributed by atoms with Crippen LogP contribution in [-0.2, 0) is 0 Å². The predicted molar refractivity (Wildman–Crippen MR) is 71.6 cm³/mol. The van der Waals surface area contributed by atoms with Gasteiger partial charge in [0.2, 0.25) is 0 Å². The van der Waals surface area contributed by atoms with Crippen LogP contribution in [0.15, 0.2) is 12.2 Å². The monoisotopic (exact) mass is 230 g/mol. The molecule has 0 fully saturated rings. The van der Waals surface area contributed by atoms with Crippen LogP contribution in [0.5, 0.6) is 0 Å². The summed E-state index contributed by atoms with van der Waals surface area (Å²) in [6.45, 7) is 4.79. The average molecular weight is 230 g/mol. The second kappa shape index (κ2) is 20.1. The maximum Gasteiger partial charge on any atom is 0.0430 e. The Bertz CT molecular complexity index is 104. The summed E-state index contributed by atoms with van der Waals surface area (Å²) in [5.41, 5.74) is 0. The Hall–Kier alpha value is -0.340. The highest BCUT2D eigenvalue weighted by molar-refractivity contribution is 4.85. The molecule has 0 aromatic rings. The second-order valence-electron chi connectivity index (χ2n) is 3.91. The molecule has 0 unspecified atom stereocenters. The molecule has 2 N–H and O–H groups in total. The van der Waals surface area contributed by atoms with Crippen molar-refractivity contribution in [3.63, 3.8) is 0 Å². The molecule has 0 saturated carbocycles. The van der Waals surface area contributed by atoms with Crippen LogP contribution in [0.4, 0.5) is 0 Å². The van der Waals surface area contributed by atoms with Crippen LogP contribution in [-0.4, -0.2) is 23.4 Å². The van der Waals surface area contributed by atoms with E-state index in [4.69, 9.17) is 10.2 Å². The number of aliphatic hydroxyl groups is 2. The maximum atomic E-state index is 8.07. The van der Waals surface area contributed by atoms with Gasteiger partial charge in [0, 0.05) is 13.2 Å². The molecular weight excluding hydrogens is 200 g/mol. The normalized spacial score (nSPS) is 13.2. The first-order chi connectivity index (χ1) is 7.83. The molecule has 1 aliphatic rings. The van der Waals surface area contributed by atoms with Gasteiger partial charge in [-0.1, -0.05) is 38.8 Å². The van der Waals surface area contributed by atoms with Gasteiger partial charge in [-0.05, 0) is 38.5 Å². The summed E-state index contributed by atoms with van der Waals surface area (Å²) in [5.74, 6) is 0. The first-order valence-corrected chi connectivity index (χ1v) is 6.70. The highest BCUT2D eigenvalue weighted by atomic mass is 16.3. The van der Waals surface area contributed by atoms with Gasteiger partial charge in [-0.2, -0.15) is 0 Å². The van der Waals surface area contributed by atoms with Crippen LogP contribution in [0.1, 0.15) is 65.2 Å². The minimum Gasteiger partial charge on any atom is -0.396 e. The number of rotatable bonds is 4. The van der Waals surface area contributed by atoms with E-state index in [0.717, 1.165) is 25.7 Å². The molecule has 0 amide bonds. The van der Waals surface area contributed by atoms with E-state index in [-0.39, 0.29) is 0 Å². The Kier molecular flexibility index (Phi) is 22.7. The Morgan fingerprint density at radius 2 is 1.19 bits per heavy atom. The van der Waals surface area contributed by atoms with Gasteiger partial charge in [0.05, 0.1) is 0 Å². The molecular formula is C14H30O2. The van der Waals surface area contributed by atoms with Crippen molar-refractivity contribution in [1.82, 2.24) is 0 Å². The highest BCUT2D eigenvalue weighted by Gasteiger charge is 1.87. The Labute approximate surface area is 101 Å².